The fraction of sp³-hybridized carbons (Fsp3) is 0.625. The highest BCUT2D eigenvalue weighted by Crippen LogP contribution is 2.25. The van der Waals surface area contributed by atoms with E-state index < -0.39 is 16.0 Å². The number of hydrogen-bond acceptors (Lipinski definition) is 7. The van der Waals surface area contributed by atoms with Gasteiger partial charge in [-0.2, -0.15) is 4.31 Å². The maximum absolute atomic E-state index is 12.9. The average molecular weight is 385 g/mol. The molecule has 0 bridgehead atoms. The molecule has 2 aliphatic rings. The molecule has 1 atom stereocenters. The zero-order chi connectivity index (χ0) is 18.7. The van der Waals surface area contributed by atoms with Crippen LogP contribution >= 0.6 is 0 Å². The SMILES string of the molecule is CCOC(=O)c1ccc(S(=O)(=O)N2CCCC(N3CCNCC3=O)C2)o1. The molecule has 0 saturated carbocycles. The molecule has 1 aromatic heterocycles. The number of furan rings is 1. The van der Waals surface area contributed by atoms with Gasteiger partial charge in [-0.15, -0.1) is 0 Å². The Morgan fingerprint density at radius 1 is 1.38 bits per heavy atom. The molecule has 2 aliphatic heterocycles. The number of carbonyl (C=O) groups is 2. The zero-order valence-electron chi connectivity index (χ0n) is 14.6. The third-order valence-corrected chi connectivity index (χ3v) is 6.32. The number of nitrogens with zero attached hydrogens (tertiary/aromatic N) is 2. The fourth-order valence-electron chi connectivity index (χ4n) is 3.30. The Morgan fingerprint density at radius 2 is 2.19 bits per heavy atom. The van der Waals surface area contributed by atoms with Gasteiger partial charge in [0.2, 0.25) is 16.8 Å². The molecule has 1 N–H and O–H groups in total. The lowest BCUT2D eigenvalue weighted by Gasteiger charge is -2.40. The number of piperazine rings is 1. The Balaban J connectivity index is 1.74. The third-order valence-electron chi connectivity index (χ3n) is 4.58. The van der Waals surface area contributed by atoms with Crippen molar-refractivity contribution in [2.45, 2.75) is 30.9 Å². The highest BCUT2D eigenvalue weighted by atomic mass is 32.2. The quantitative estimate of drug-likeness (QED) is 0.713. The second kappa shape index (κ2) is 7.77. The maximum atomic E-state index is 12.9. The van der Waals surface area contributed by atoms with E-state index in [1.807, 2.05) is 0 Å². The van der Waals surface area contributed by atoms with E-state index in [1.54, 1.807) is 11.8 Å². The summed E-state index contributed by atoms with van der Waals surface area (Å²) in [5.74, 6) is -0.851. The molecule has 26 heavy (non-hydrogen) atoms. The molecule has 3 heterocycles. The van der Waals surface area contributed by atoms with E-state index >= 15 is 0 Å². The lowest BCUT2D eigenvalue weighted by atomic mass is 10.1. The van der Waals surface area contributed by atoms with E-state index in [2.05, 4.69) is 5.32 Å². The number of hydrogen-bond donors (Lipinski definition) is 1. The average Bonchev–Trinajstić information content (AvgIpc) is 3.13. The van der Waals surface area contributed by atoms with Crippen molar-refractivity contribution in [3.63, 3.8) is 0 Å². The number of nitrogens with one attached hydrogen (secondary N) is 1. The molecule has 1 aromatic rings. The van der Waals surface area contributed by atoms with Gasteiger partial charge in [-0.1, -0.05) is 0 Å². The summed E-state index contributed by atoms with van der Waals surface area (Å²) in [4.78, 5) is 25.5. The number of piperidine rings is 1. The summed E-state index contributed by atoms with van der Waals surface area (Å²) in [5, 5.41) is 2.73. The van der Waals surface area contributed by atoms with Crippen LogP contribution in [-0.4, -0.2) is 74.9 Å². The summed E-state index contributed by atoms with van der Waals surface area (Å²) in [6.45, 7) is 3.97. The summed E-state index contributed by atoms with van der Waals surface area (Å²) in [6.07, 6.45) is 1.43. The van der Waals surface area contributed by atoms with Crippen LogP contribution in [0.1, 0.15) is 30.3 Å². The maximum Gasteiger partial charge on any atom is 0.374 e. The first-order chi connectivity index (χ1) is 12.4. The first-order valence-corrected chi connectivity index (χ1v) is 10.1. The molecule has 1 unspecified atom stereocenters. The molecular formula is C16H23N3O6S. The Hall–Kier alpha value is -1.91. The van der Waals surface area contributed by atoms with Crippen LogP contribution in [0.25, 0.3) is 0 Å². The standard InChI is InChI=1S/C16H23N3O6S/c1-2-24-16(21)13-5-6-15(25-13)26(22,23)18-8-3-4-12(11-18)19-9-7-17-10-14(19)20/h5-6,12,17H,2-4,7-11H2,1H3. The molecule has 2 saturated heterocycles. The zero-order valence-corrected chi connectivity index (χ0v) is 15.5. The van der Waals surface area contributed by atoms with Crippen LogP contribution in [-0.2, 0) is 19.6 Å². The molecule has 144 valence electrons. The lowest BCUT2D eigenvalue weighted by molar-refractivity contribution is -0.135. The van der Waals surface area contributed by atoms with Gasteiger partial charge in [0.1, 0.15) is 0 Å². The minimum absolute atomic E-state index is 0.0110. The van der Waals surface area contributed by atoms with Crippen molar-refractivity contribution in [2.75, 3.05) is 39.3 Å². The summed E-state index contributed by atoms with van der Waals surface area (Å²) < 4.78 is 37.1. The smallest absolute Gasteiger partial charge is 0.374 e. The second-order valence-electron chi connectivity index (χ2n) is 6.26. The molecule has 0 radical (unpaired) electrons. The van der Waals surface area contributed by atoms with Crippen LogP contribution in [0, 0.1) is 0 Å². The summed E-state index contributed by atoms with van der Waals surface area (Å²) in [7, 11) is -3.87. The van der Waals surface area contributed by atoms with Gasteiger partial charge in [0.05, 0.1) is 13.2 Å². The summed E-state index contributed by atoms with van der Waals surface area (Å²) in [5.41, 5.74) is 0. The van der Waals surface area contributed by atoms with Crippen LogP contribution in [0.15, 0.2) is 21.6 Å². The monoisotopic (exact) mass is 385 g/mol. The normalized spacial score (nSPS) is 22.4. The van der Waals surface area contributed by atoms with Crippen molar-refractivity contribution >= 4 is 21.9 Å². The largest absolute Gasteiger partial charge is 0.460 e. The van der Waals surface area contributed by atoms with E-state index in [1.165, 1.54) is 16.4 Å². The highest BCUT2D eigenvalue weighted by molar-refractivity contribution is 7.89. The van der Waals surface area contributed by atoms with E-state index in [4.69, 9.17) is 9.15 Å². The summed E-state index contributed by atoms with van der Waals surface area (Å²) in [6, 6.07) is 2.42. The molecule has 10 heteroatoms. The number of rotatable bonds is 5. The van der Waals surface area contributed by atoms with Gasteiger partial charge in [-0.3, -0.25) is 4.79 Å². The van der Waals surface area contributed by atoms with Gasteiger partial charge in [0.15, 0.2) is 0 Å². The van der Waals surface area contributed by atoms with E-state index in [0.717, 1.165) is 6.42 Å². The second-order valence-corrected chi connectivity index (χ2v) is 8.13. The highest BCUT2D eigenvalue weighted by Gasteiger charge is 2.36. The van der Waals surface area contributed by atoms with Crippen molar-refractivity contribution in [1.82, 2.24) is 14.5 Å². The first kappa shape index (κ1) is 18.9. The summed E-state index contributed by atoms with van der Waals surface area (Å²) >= 11 is 0. The van der Waals surface area contributed by atoms with Gasteiger partial charge in [0, 0.05) is 32.2 Å². The molecule has 1 amide bonds. The Morgan fingerprint density at radius 3 is 2.92 bits per heavy atom. The van der Waals surface area contributed by atoms with Gasteiger partial charge >= 0.3 is 5.97 Å². The van der Waals surface area contributed by atoms with Crippen LogP contribution in [0.5, 0.6) is 0 Å². The van der Waals surface area contributed by atoms with Crippen molar-refractivity contribution in [2.24, 2.45) is 0 Å². The Labute approximate surface area is 152 Å². The minimum Gasteiger partial charge on any atom is -0.460 e. The van der Waals surface area contributed by atoms with Gasteiger partial charge in [0.25, 0.3) is 10.0 Å². The van der Waals surface area contributed by atoms with Crippen molar-refractivity contribution < 1.29 is 27.2 Å². The van der Waals surface area contributed by atoms with E-state index in [9.17, 15) is 18.0 Å². The number of carbonyl (C=O) groups excluding carboxylic acids is 2. The molecule has 9 nitrogen and oxygen atoms in total. The van der Waals surface area contributed by atoms with Gasteiger partial charge in [-0.05, 0) is 31.9 Å². The molecule has 2 fully saturated rings. The molecular weight excluding hydrogens is 362 g/mol. The topological polar surface area (TPSA) is 109 Å². The number of sulfonamides is 1. The molecule has 0 aromatic carbocycles. The lowest BCUT2D eigenvalue weighted by Crippen LogP contribution is -2.57. The number of ether oxygens (including phenoxy) is 1. The van der Waals surface area contributed by atoms with Crippen molar-refractivity contribution in [3.05, 3.63) is 17.9 Å². The number of esters is 1. The van der Waals surface area contributed by atoms with E-state index in [-0.39, 0.29) is 42.5 Å². The molecule has 0 aliphatic carbocycles. The minimum atomic E-state index is -3.87. The Kier molecular flexibility index (Phi) is 5.64. The van der Waals surface area contributed by atoms with Gasteiger partial charge < -0.3 is 19.4 Å². The fourth-order valence-corrected chi connectivity index (χ4v) is 4.73. The Bertz CT molecular complexity index is 775. The predicted molar refractivity (Wildman–Crippen MR) is 91.0 cm³/mol. The predicted octanol–water partition coefficient (Wildman–Crippen LogP) is 0.0412. The molecule has 0 spiro atoms. The first-order valence-electron chi connectivity index (χ1n) is 8.70. The van der Waals surface area contributed by atoms with Crippen LogP contribution in [0.2, 0.25) is 0 Å². The number of amides is 1. The van der Waals surface area contributed by atoms with Crippen molar-refractivity contribution in [1.29, 1.82) is 0 Å². The van der Waals surface area contributed by atoms with E-state index in [0.29, 0.717) is 26.1 Å². The van der Waals surface area contributed by atoms with Crippen LogP contribution in [0.4, 0.5) is 0 Å². The van der Waals surface area contributed by atoms with Crippen molar-refractivity contribution in [3.8, 4) is 0 Å². The molecule has 3 rings (SSSR count). The van der Waals surface area contributed by atoms with Gasteiger partial charge in [-0.25, -0.2) is 13.2 Å². The third kappa shape index (κ3) is 3.76. The van der Waals surface area contributed by atoms with Crippen LogP contribution < -0.4 is 5.32 Å². The van der Waals surface area contributed by atoms with Crippen LogP contribution in [0.3, 0.4) is 0 Å².